The molecule has 0 saturated carbocycles. The number of likely N-dealkylation sites (N-methyl/N-ethyl adjacent to an activating group) is 1. The number of anilines is 1. The highest BCUT2D eigenvalue weighted by Crippen LogP contribution is 2.38. The van der Waals surface area contributed by atoms with Crippen LogP contribution in [0.15, 0.2) is 0 Å². The Morgan fingerprint density at radius 1 is 1.21 bits per heavy atom. The lowest BCUT2D eigenvalue weighted by molar-refractivity contribution is -0.117. The molecule has 29 heavy (non-hydrogen) atoms. The zero-order chi connectivity index (χ0) is 21.3. The number of nitrogens with one attached hydrogen (secondary N) is 1. The number of carbonyl (C=O) groups is 2. The van der Waals surface area contributed by atoms with E-state index in [0.717, 1.165) is 41.9 Å². The standard InChI is InChI=1S/C21H30N4O2S2/c1-11(2)20-23-12(3)18(29-20)13(4)25(5)10-16(26)24-21-17(19(22)27)14-8-6-7-9-15(14)28-21/h11,13H,6-10H2,1-5H3,(H2,22,27)(H,24,26)/t13-/m0/s1. The number of thiophene rings is 1. The van der Waals surface area contributed by atoms with Crippen molar-refractivity contribution in [2.24, 2.45) is 5.73 Å². The van der Waals surface area contributed by atoms with Gasteiger partial charge in [-0.05, 0) is 52.1 Å². The van der Waals surface area contributed by atoms with Gasteiger partial charge in [0.15, 0.2) is 0 Å². The number of nitrogens with two attached hydrogens (primary N) is 1. The number of aromatic nitrogens is 1. The average Bonchev–Trinajstić information content (AvgIpc) is 3.21. The van der Waals surface area contributed by atoms with Crippen LogP contribution in [0.25, 0.3) is 0 Å². The van der Waals surface area contributed by atoms with Gasteiger partial charge in [0.2, 0.25) is 5.91 Å². The molecule has 0 saturated heterocycles. The second-order valence-electron chi connectivity index (χ2n) is 8.08. The summed E-state index contributed by atoms with van der Waals surface area (Å²) in [5.41, 5.74) is 8.20. The minimum atomic E-state index is -0.456. The van der Waals surface area contributed by atoms with E-state index in [1.807, 2.05) is 18.9 Å². The molecule has 1 atom stereocenters. The zero-order valence-electron chi connectivity index (χ0n) is 17.8. The molecule has 0 aromatic carbocycles. The van der Waals surface area contributed by atoms with Crippen molar-refractivity contribution in [3.63, 3.8) is 0 Å². The fourth-order valence-electron chi connectivity index (χ4n) is 3.71. The second kappa shape index (κ2) is 8.93. The molecule has 2 aromatic rings. The lowest BCUT2D eigenvalue weighted by Crippen LogP contribution is -2.32. The quantitative estimate of drug-likeness (QED) is 0.682. The first-order valence-electron chi connectivity index (χ1n) is 10.1. The molecule has 2 heterocycles. The summed E-state index contributed by atoms with van der Waals surface area (Å²) in [5.74, 6) is -0.194. The van der Waals surface area contributed by atoms with Crippen LogP contribution in [0.3, 0.4) is 0 Å². The molecule has 3 N–H and O–H groups in total. The molecule has 1 aliphatic rings. The summed E-state index contributed by atoms with van der Waals surface area (Å²) in [6.07, 6.45) is 3.99. The fourth-order valence-corrected chi connectivity index (χ4v) is 6.21. The number of nitrogens with zero attached hydrogens (tertiary/aromatic N) is 2. The predicted molar refractivity (Wildman–Crippen MR) is 120 cm³/mol. The molecule has 2 amide bonds. The van der Waals surface area contributed by atoms with Crippen molar-refractivity contribution in [1.82, 2.24) is 9.88 Å². The van der Waals surface area contributed by atoms with Crippen molar-refractivity contribution < 1.29 is 9.59 Å². The van der Waals surface area contributed by atoms with E-state index in [-0.39, 0.29) is 18.5 Å². The third-order valence-corrected chi connectivity index (χ3v) is 8.28. The summed E-state index contributed by atoms with van der Waals surface area (Å²) in [5, 5.41) is 4.68. The lowest BCUT2D eigenvalue weighted by atomic mass is 9.95. The molecule has 1 aliphatic carbocycles. The van der Waals surface area contributed by atoms with E-state index in [4.69, 9.17) is 5.73 Å². The van der Waals surface area contributed by atoms with Crippen LogP contribution in [0.5, 0.6) is 0 Å². The van der Waals surface area contributed by atoms with Crippen molar-refractivity contribution in [3.05, 3.63) is 31.6 Å². The van der Waals surface area contributed by atoms with Gasteiger partial charge in [-0.15, -0.1) is 22.7 Å². The van der Waals surface area contributed by atoms with Crippen molar-refractivity contribution >= 4 is 39.5 Å². The molecule has 6 nitrogen and oxygen atoms in total. The number of amides is 2. The molecule has 158 valence electrons. The molecular weight excluding hydrogens is 404 g/mol. The molecule has 0 spiro atoms. The first-order valence-corrected chi connectivity index (χ1v) is 11.7. The van der Waals surface area contributed by atoms with Gasteiger partial charge in [-0.3, -0.25) is 14.5 Å². The van der Waals surface area contributed by atoms with E-state index in [2.05, 4.69) is 31.1 Å². The van der Waals surface area contributed by atoms with Crippen LogP contribution in [0.1, 0.15) is 81.9 Å². The van der Waals surface area contributed by atoms with Crippen LogP contribution in [0.2, 0.25) is 0 Å². The molecular formula is C21H30N4O2S2. The van der Waals surface area contributed by atoms with Gasteiger partial charge in [0, 0.05) is 21.7 Å². The first-order chi connectivity index (χ1) is 13.7. The molecule has 8 heteroatoms. The van der Waals surface area contributed by atoms with Crippen molar-refractivity contribution in [2.45, 2.75) is 65.3 Å². The lowest BCUT2D eigenvalue weighted by Gasteiger charge is -2.23. The van der Waals surface area contributed by atoms with Gasteiger partial charge in [0.05, 0.1) is 22.8 Å². The number of fused-ring (bicyclic) bond motifs is 1. The monoisotopic (exact) mass is 434 g/mol. The van der Waals surface area contributed by atoms with E-state index in [9.17, 15) is 9.59 Å². The highest BCUT2D eigenvalue weighted by Gasteiger charge is 2.26. The number of aryl methyl sites for hydroxylation is 2. The van der Waals surface area contributed by atoms with Crippen LogP contribution in [0.4, 0.5) is 5.00 Å². The molecule has 0 radical (unpaired) electrons. The Morgan fingerprint density at radius 2 is 1.90 bits per heavy atom. The van der Waals surface area contributed by atoms with E-state index in [1.54, 1.807) is 11.3 Å². The topological polar surface area (TPSA) is 88.3 Å². The van der Waals surface area contributed by atoms with Gasteiger partial charge >= 0.3 is 0 Å². The Balaban J connectivity index is 1.71. The summed E-state index contributed by atoms with van der Waals surface area (Å²) in [4.78, 5) is 33.8. The summed E-state index contributed by atoms with van der Waals surface area (Å²) < 4.78 is 0. The Kier molecular flexibility index (Phi) is 6.76. The maximum atomic E-state index is 12.7. The third kappa shape index (κ3) is 4.70. The summed E-state index contributed by atoms with van der Waals surface area (Å²) in [6, 6.07) is 0.0814. The van der Waals surface area contributed by atoms with Gasteiger partial charge in [-0.2, -0.15) is 0 Å². The van der Waals surface area contributed by atoms with E-state index >= 15 is 0 Å². The highest BCUT2D eigenvalue weighted by atomic mass is 32.1. The summed E-state index contributed by atoms with van der Waals surface area (Å²) in [7, 11) is 1.94. The second-order valence-corrected chi connectivity index (χ2v) is 10.2. The van der Waals surface area contributed by atoms with Crippen LogP contribution >= 0.6 is 22.7 Å². The van der Waals surface area contributed by atoms with Crippen LogP contribution < -0.4 is 11.1 Å². The first kappa shape index (κ1) is 21.9. The molecule has 0 unspecified atom stereocenters. The fraction of sp³-hybridized carbons (Fsp3) is 0.571. The maximum absolute atomic E-state index is 12.7. The van der Waals surface area contributed by atoms with Crippen LogP contribution in [-0.2, 0) is 17.6 Å². The normalized spacial score (nSPS) is 14.9. The van der Waals surface area contributed by atoms with Crippen LogP contribution in [-0.4, -0.2) is 35.3 Å². The van der Waals surface area contributed by atoms with E-state index in [1.165, 1.54) is 21.1 Å². The van der Waals surface area contributed by atoms with Gasteiger partial charge in [-0.1, -0.05) is 13.8 Å². The Labute approximate surface area is 180 Å². The average molecular weight is 435 g/mol. The summed E-state index contributed by atoms with van der Waals surface area (Å²) in [6.45, 7) is 8.63. The number of rotatable bonds is 7. The Bertz CT molecular complexity index is 916. The SMILES string of the molecule is Cc1nc(C(C)C)sc1[C@H](C)N(C)CC(=O)Nc1sc2c(c1C(N)=O)CCCC2. The van der Waals surface area contributed by atoms with E-state index < -0.39 is 5.91 Å². The molecule has 0 fully saturated rings. The van der Waals surface area contributed by atoms with Crippen molar-refractivity contribution in [1.29, 1.82) is 0 Å². The smallest absolute Gasteiger partial charge is 0.251 e. The number of carbonyl (C=O) groups excluding carboxylic acids is 2. The van der Waals surface area contributed by atoms with Gasteiger partial charge < -0.3 is 11.1 Å². The van der Waals surface area contributed by atoms with Crippen LogP contribution in [0, 0.1) is 6.92 Å². The minimum Gasteiger partial charge on any atom is -0.365 e. The number of thiazole rings is 1. The van der Waals surface area contributed by atoms with Crippen molar-refractivity contribution in [2.75, 3.05) is 18.9 Å². The Hall–Kier alpha value is -1.77. The molecule has 0 bridgehead atoms. The highest BCUT2D eigenvalue weighted by molar-refractivity contribution is 7.17. The predicted octanol–water partition coefficient (Wildman–Crippen LogP) is 4.25. The van der Waals surface area contributed by atoms with Gasteiger partial charge in [0.1, 0.15) is 5.00 Å². The van der Waals surface area contributed by atoms with Crippen molar-refractivity contribution in [3.8, 4) is 0 Å². The maximum Gasteiger partial charge on any atom is 0.251 e. The molecule has 0 aliphatic heterocycles. The zero-order valence-corrected chi connectivity index (χ0v) is 19.4. The van der Waals surface area contributed by atoms with E-state index in [0.29, 0.717) is 16.5 Å². The molecule has 2 aromatic heterocycles. The number of hydrogen-bond donors (Lipinski definition) is 2. The molecule has 3 rings (SSSR count). The van der Waals surface area contributed by atoms with Gasteiger partial charge in [0.25, 0.3) is 5.91 Å². The number of hydrogen-bond acceptors (Lipinski definition) is 6. The van der Waals surface area contributed by atoms with Gasteiger partial charge in [-0.25, -0.2) is 4.98 Å². The Morgan fingerprint density at radius 3 is 2.52 bits per heavy atom. The summed E-state index contributed by atoms with van der Waals surface area (Å²) >= 11 is 3.22. The largest absolute Gasteiger partial charge is 0.365 e. The minimum absolute atomic E-state index is 0.0814. The third-order valence-electron chi connectivity index (χ3n) is 5.45. The number of primary amides is 1.